The molecule has 3 rings (SSSR count). The summed E-state index contributed by atoms with van der Waals surface area (Å²) in [5.41, 5.74) is 1.81. The fourth-order valence-electron chi connectivity index (χ4n) is 3.10. The van der Waals surface area contributed by atoms with Crippen LogP contribution in [0.3, 0.4) is 0 Å². The Hall–Kier alpha value is -3.35. The third-order valence-electron chi connectivity index (χ3n) is 4.64. The summed E-state index contributed by atoms with van der Waals surface area (Å²) in [6, 6.07) is 15.2. The first-order valence-electron chi connectivity index (χ1n) is 9.77. The molecule has 7 nitrogen and oxygen atoms in total. The van der Waals surface area contributed by atoms with Gasteiger partial charge in [0.2, 0.25) is 5.91 Å². The number of rotatable bonds is 7. The summed E-state index contributed by atoms with van der Waals surface area (Å²) in [6.07, 6.45) is 2.04. The molecule has 1 atom stereocenters. The van der Waals surface area contributed by atoms with Crippen LogP contribution < -0.4 is 15.5 Å². The largest absolute Gasteiger partial charge is 0.462 e. The van der Waals surface area contributed by atoms with Crippen LogP contribution in [0.4, 0.5) is 16.2 Å². The Kier molecular flexibility index (Phi) is 6.84. The van der Waals surface area contributed by atoms with E-state index in [9.17, 15) is 14.4 Å². The second-order valence-corrected chi connectivity index (χ2v) is 6.91. The number of anilines is 2. The van der Waals surface area contributed by atoms with Crippen molar-refractivity contribution in [2.45, 2.75) is 32.2 Å². The van der Waals surface area contributed by atoms with Crippen molar-refractivity contribution >= 4 is 29.3 Å². The number of benzene rings is 2. The van der Waals surface area contributed by atoms with Crippen molar-refractivity contribution < 1.29 is 19.1 Å². The number of amides is 3. The molecular formula is C22H25N3O4. The molecule has 1 fully saturated rings. The van der Waals surface area contributed by atoms with Crippen LogP contribution in [0.1, 0.15) is 36.5 Å². The van der Waals surface area contributed by atoms with E-state index in [2.05, 4.69) is 10.6 Å². The minimum Gasteiger partial charge on any atom is -0.462 e. The van der Waals surface area contributed by atoms with Crippen LogP contribution in [0.5, 0.6) is 0 Å². The van der Waals surface area contributed by atoms with Gasteiger partial charge in [0, 0.05) is 24.3 Å². The molecular weight excluding hydrogens is 370 g/mol. The van der Waals surface area contributed by atoms with E-state index in [1.165, 1.54) is 0 Å². The van der Waals surface area contributed by atoms with Gasteiger partial charge in [-0.1, -0.05) is 31.5 Å². The zero-order valence-electron chi connectivity index (χ0n) is 16.4. The monoisotopic (exact) mass is 395 g/mol. The van der Waals surface area contributed by atoms with Gasteiger partial charge in [-0.2, -0.15) is 0 Å². The van der Waals surface area contributed by atoms with Crippen LogP contribution in [-0.4, -0.2) is 37.1 Å². The molecule has 0 bridgehead atoms. The average molecular weight is 395 g/mol. The van der Waals surface area contributed by atoms with E-state index in [1.54, 1.807) is 29.2 Å². The molecule has 1 saturated heterocycles. The molecule has 0 saturated carbocycles. The lowest BCUT2D eigenvalue weighted by atomic mass is 10.2. The van der Waals surface area contributed by atoms with Crippen molar-refractivity contribution in [1.29, 1.82) is 0 Å². The van der Waals surface area contributed by atoms with Crippen molar-refractivity contribution in [3.8, 4) is 0 Å². The van der Waals surface area contributed by atoms with Gasteiger partial charge in [-0.05, 0) is 42.8 Å². The van der Waals surface area contributed by atoms with Crippen LogP contribution in [0.25, 0.3) is 0 Å². The van der Waals surface area contributed by atoms with Crippen molar-refractivity contribution in [1.82, 2.24) is 5.32 Å². The predicted octanol–water partition coefficient (Wildman–Crippen LogP) is 3.57. The van der Waals surface area contributed by atoms with Gasteiger partial charge in [-0.25, -0.2) is 9.59 Å². The molecule has 2 N–H and O–H groups in total. The maximum Gasteiger partial charge on any atom is 0.338 e. The summed E-state index contributed by atoms with van der Waals surface area (Å²) in [7, 11) is 0. The lowest BCUT2D eigenvalue weighted by Crippen LogP contribution is -2.39. The number of urea groups is 1. The molecule has 3 amide bonds. The van der Waals surface area contributed by atoms with Crippen molar-refractivity contribution in [3.05, 3.63) is 60.2 Å². The molecule has 1 heterocycles. The van der Waals surface area contributed by atoms with E-state index in [-0.39, 0.29) is 24.3 Å². The first kappa shape index (κ1) is 20.4. The fourth-order valence-corrected chi connectivity index (χ4v) is 3.10. The van der Waals surface area contributed by atoms with E-state index < -0.39 is 6.03 Å². The molecule has 2 aromatic rings. The van der Waals surface area contributed by atoms with Crippen LogP contribution in [0.2, 0.25) is 0 Å². The van der Waals surface area contributed by atoms with Crippen molar-refractivity contribution in [2.75, 3.05) is 23.4 Å². The molecule has 1 aliphatic rings. The Morgan fingerprint density at radius 3 is 2.52 bits per heavy atom. The first-order valence-corrected chi connectivity index (χ1v) is 9.77. The number of hydrogen-bond acceptors (Lipinski definition) is 4. The standard InChI is InChI=1S/C22H25N3O4/c1-2-3-13-29-21(27)16-9-11-17(12-10-16)23-22(28)24-18-14-20(26)25(15-18)19-7-5-4-6-8-19/h4-12,18H,2-3,13-15H2,1H3,(H2,23,24,28)/t18-/m0/s1. The summed E-state index contributed by atoms with van der Waals surface area (Å²) in [5.74, 6) is -0.396. The zero-order chi connectivity index (χ0) is 20.6. The quantitative estimate of drug-likeness (QED) is 0.554. The van der Waals surface area contributed by atoms with Gasteiger partial charge in [-0.15, -0.1) is 0 Å². The predicted molar refractivity (Wildman–Crippen MR) is 111 cm³/mol. The van der Waals surface area contributed by atoms with Crippen LogP contribution in [0.15, 0.2) is 54.6 Å². The molecule has 2 aromatic carbocycles. The zero-order valence-corrected chi connectivity index (χ0v) is 16.4. The lowest BCUT2D eigenvalue weighted by molar-refractivity contribution is -0.117. The molecule has 0 spiro atoms. The number of carbonyl (C=O) groups excluding carboxylic acids is 3. The van der Waals surface area contributed by atoms with Crippen LogP contribution in [0, 0.1) is 0 Å². The number of para-hydroxylation sites is 1. The van der Waals surface area contributed by atoms with Gasteiger partial charge in [0.25, 0.3) is 0 Å². The minimum atomic E-state index is -0.393. The number of hydrogen-bond donors (Lipinski definition) is 2. The number of nitrogens with zero attached hydrogens (tertiary/aromatic N) is 1. The van der Waals surface area contributed by atoms with Gasteiger partial charge in [-0.3, -0.25) is 4.79 Å². The highest BCUT2D eigenvalue weighted by molar-refractivity contribution is 5.97. The summed E-state index contributed by atoms with van der Waals surface area (Å²) in [4.78, 5) is 38.1. The normalized spacial score (nSPS) is 15.8. The Morgan fingerprint density at radius 2 is 1.83 bits per heavy atom. The first-order chi connectivity index (χ1) is 14.1. The SMILES string of the molecule is CCCCOC(=O)c1ccc(NC(=O)N[C@H]2CC(=O)N(c3ccccc3)C2)cc1. The van der Waals surface area contributed by atoms with E-state index >= 15 is 0 Å². The van der Waals surface area contributed by atoms with Crippen LogP contribution in [-0.2, 0) is 9.53 Å². The molecule has 29 heavy (non-hydrogen) atoms. The van der Waals surface area contributed by atoms with Crippen LogP contribution >= 0.6 is 0 Å². The van der Waals surface area contributed by atoms with Gasteiger partial charge >= 0.3 is 12.0 Å². The highest BCUT2D eigenvalue weighted by Gasteiger charge is 2.31. The molecule has 0 aliphatic carbocycles. The fraction of sp³-hybridized carbons (Fsp3) is 0.318. The molecule has 0 unspecified atom stereocenters. The van der Waals surface area contributed by atoms with Crippen molar-refractivity contribution in [3.63, 3.8) is 0 Å². The Bertz CT molecular complexity index is 852. The summed E-state index contributed by atoms with van der Waals surface area (Å²) >= 11 is 0. The molecule has 7 heteroatoms. The number of esters is 1. The third kappa shape index (κ3) is 5.57. The smallest absolute Gasteiger partial charge is 0.338 e. The van der Waals surface area contributed by atoms with Gasteiger partial charge in [0.05, 0.1) is 18.2 Å². The third-order valence-corrected chi connectivity index (χ3v) is 4.64. The number of carbonyl (C=O) groups is 3. The van der Waals surface area contributed by atoms with Crippen molar-refractivity contribution in [2.24, 2.45) is 0 Å². The number of ether oxygens (including phenoxy) is 1. The molecule has 152 valence electrons. The highest BCUT2D eigenvalue weighted by atomic mass is 16.5. The number of unbranched alkanes of at least 4 members (excludes halogenated alkanes) is 1. The molecule has 0 aromatic heterocycles. The van der Waals surface area contributed by atoms with E-state index in [0.29, 0.717) is 24.4 Å². The van der Waals surface area contributed by atoms with E-state index in [1.807, 2.05) is 37.3 Å². The summed E-state index contributed by atoms with van der Waals surface area (Å²) < 4.78 is 5.16. The van der Waals surface area contributed by atoms with Gasteiger partial charge < -0.3 is 20.3 Å². The van der Waals surface area contributed by atoms with E-state index in [4.69, 9.17) is 4.74 Å². The van der Waals surface area contributed by atoms with Gasteiger partial charge in [0.1, 0.15) is 0 Å². The second-order valence-electron chi connectivity index (χ2n) is 6.91. The lowest BCUT2D eigenvalue weighted by Gasteiger charge is -2.17. The Labute approximate surface area is 170 Å². The topological polar surface area (TPSA) is 87.7 Å². The molecule has 1 aliphatic heterocycles. The maximum atomic E-state index is 12.3. The Balaban J connectivity index is 1.49. The molecule has 0 radical (unpaired) electrons. The Morgan fingerprint density at radius 1 is 1.10 bits per heavy atom. The second kappa shape index (κ2) is 9.73. The highest BCUT2D eigenvalue weighted by Crippen LogP contribution is 2.21. The minimum absolute atomic E-state index is 0.0209. The summed E-state index contributed by atoms with van der Waals surface area (Å²) in [6.45, 7) is 2.86. The maximum absolute atomic E-state index is 12.3. The summed E-state index contributed by atoms with van der Waals surface area (Å²) in [5, 5.41) is 5.55. The van der Waals surface area contributed by atoms with E-state index in [0.717, 1.165) is 18.5 Å². The average Bonchev–Trinajstić information content (AvgIpc) is 3.09. The number of nitrogens with one attached hydrogen (secondary N) is 2. The van der Waals surface area contributed by atoms with Gasteiger partial charge in [0.15, 0.2) is 0 Å².